The third-order valence-corrected chi connectivity index (χ3v) is 3.49. The van der Waals surface area contributed by atoms with Gasteiger partial charge in [0.2, 0.25) is 0 Å². The number of hydrogen-bond donors (Lipinski definition) is 1. The van der Waals surface area contributed by atoms with Gasteiger partial charge in [0, 0.05) is 11.6 Å². The average molecular weight is 270 g/mol. The number of carbonyl (C=O) groups is 1. The molecule has 0 spiro atoms. The molecule has 0 heterocycles. The van der Waals surface area contributed by atoms with Crippen LogP contribution in [0.1, 0.15) is 12.8 Å². The quantitative estimate of drug-likeness (QED) is 0.835. The first kappa shape index (κ1) is 13.0. The first-order valence-corrected chi connectivity index (χ1v) is 6.15. The highest BCUT2D eigenvalue weighted by molar-refractivity contribution is 6.30. The van der Waals surface area contributed by atoms with E-state index in [0.29, 0.717) is 17.3 Å². The Hall–Kier alpha value is -1.42. The summed E-state index contributed by atoms with van der Waals surface area (Å²) in [7, 11) is 3.02. The molecule has 1 aromatic carbocycles. The predicted molar refractivity (Wildman–Crippen MR) is 70.2 cm³/mol. The van der Waals surface area contributed by atoms with Crippen LogP contribution in [0.15, 0.2) is 18.2 Å². The van der Waals surface area contributed by atoms with E-state index in [4.69, 9.17) is 21.1 Å². The number of benzene rings is 1. The van der Waals surface area contributed by atoms with Crippen molar-refractivity contribution in [3.8, 4) is 5.75 Å². The van der Waals surface area contributed by atoms with Gasteiger partial charge in [-0.05, 0) is 31.0 Å². The molecule has 0 bridgehead atoms. The summed E-state index contributed by atoms with van der Waals surface area (Å²) in [6.45, 7) is 0.538. The lowest BCUT2D eigenvalue weighted by Gasteiger charge is -2.16. The Morgan fingerprint density at radius 1 is 1.44 bits per heavy atom. The van der Waals surface area contributed by atoms with Gasteiger partial charge in [-0.3, -0.25) is 4.79 Å². The molecule has 18 heavy (non-hydrogen) atoms. The highest BCUT2D eigenvalue weighted by Gasteiger charge is 2.50. The van der Waals surface area contributed by atoms with Gasteiger partial charge in [-0.2, -0.15) is 0 Å². The molecule has 0 atom stereocenters. The number of carbonyl (C=O) groups excluding carboxylic acids is 1. The number of hydrogen-bond acceptors (Lipinski definition) is 4. The van der Waals surface area contributed by atoms with Gasteiger partial charge in [-0.1, -0.05) is 11.6 Å². The number of halogens is 1. The van der Waals surface area contributed by atoms with Crippen LogP contribution in [-0.2, 0) is 9.53 Å². The van der Waals surface area contributed by atoms with Gasteiger partial charge < -0.3 is 14.8 Å². The molecule has 0 amide bonds. The van der Waals surface area contributed by atoms with Gasteiger partial charge in [0.05, 0.1) is 25.3 Å². The molecule has 1 saturated carbocycles. The van der Waals surface area contributed by atoms with E-state index in [0.717, 1.165) is 18.5 Å². The minimum Gasteiger partial charge on any atom is -0.495 e. The first-order valence-electron chi connectivity index (χ1n) is 5.77. The van der Waals surface area contributed by atoms with E-state index < -0.39 is 0 Å². The Labute approximate surface area is 111 Å². The summed E-state index contributed by atoms with van der Waals surface area (Å²) in [6.07, 6.45) is 1.71. The number of nitrogens with one attached hydrogen (secondary N) is 1. The molecule has 98 valence electrons. The van der Waals surface area contributed by atoms with Gasteiger partial charge in [-0.15, -0.1) is 0 Å². The average Bonchev–Trinajstić information content (AvgIpc) is 3.17. The molecule has 2 rings (SSSR count). The van der Waals surface area contributed by atoms with Gasteiger partial charge in [-0.25, -0.2) is 0 Å². The molecule has 4 nitrogen and oxygen atoms in total. The van der Waals surface area contributed by atoms with Crippen molar-refractivity contribution in [1.82, 2.24) is 0 Å². The zero-order valence-electron chi connectivity index (χ0n) is 10.5. The van der Waals surface area contributed by atoms with E-state index >= 15 is 0 Å². The van der Waals surface area contributed by atoms with Crippen LogP contribution in [-0.4, -0.2) is 26.7 Å². The Morgan fingerprint density at radius 2 is 2.17 bits per heavy atom. The highest BCUT2D eigenvalue weighted by Crippen LogP contribution is 2.47. The molecular formula is C13H16ClNO3. The lowest BCUT2D eigenvalue weighted by atomic mass is 10.1. The topological polar surface area (TPSA) is 47.6 Å². The van der Waals surface area contributed by atoms with Crippen LogP contribution in [0.3, 0.4) is 0 Å². The number of ether oxygens (including phenoxy) is 2. The normalized spacial score (nSPS) is 15.9. The van der Waals surface area contributed by atoms with Crippen LogP contribution in [0, 0.1) is 5.41 Å². The molecule has 0 aromatic heterocycles. The van der Waals surface area contributed by atoms with Crippen molar-refractivity contribution in [2.24, 2.45) is 5.41 Å². The molecule has 0 radical (unpaired) electrons. The summed E-state index contributed by atoms with van der Waals surface area (Å²) in [5.41, 5.74) is 0.419. The van der Waals surface area contributed by atoms with Crippen LogP contribution in [0.25, 0.3) is 0 Å². The standard InChI is InChI=1S/C13H16ClNO3/c1-17-11-4-3-9(14)7-10(11)15-8-13(5-6-13)12(16)18-2/h3-4,7,15H,5-6,8H2,1-2H3. The smallest absolute Gasteiger partial charge is 0.313 e. The zero-order chi connectivity index (χ0) is 13.2. The molecule has 0 aliphatic heterocycles. The maximum Gasteiger partial charge on any atom is 0.313 e. The Balaban J connectivity index is 2.06. The van der Waals surface area contributed by atoms with Crippen molar-refractivity contribution in [1.29, 1.82) is 0 Å². The summed E-state index contributed by atoms with van der Waals surface area (Å²) in [5, 5.41) is 3.84. The zero-order valence-corrected chi connectivity index (χ0v) is 11.2. The fourth-order valence-electron chi connectivity index (χ4n) is 1.90. The Kier molecular flexibility index (Phi) is 3.66. The highest BCUT2D eigenvalue weighted by atomic mass is 35.5. The van der Waals surface area contributed by atoms with Crippen molar-refractivity contribution >= 4 is 23.3 Å². The van der Waals surface area contributed by atoms with Crippen molar-refractivity contribution in [2.75, 3.05) is 26.1 Å². The van der Waals surface area contributed by atoms with Gasteiger partial charge in [0.25, 0.3) is 0 Å². The summed E-state index contributed by atoms with van der Waals surface area (Å²) in [4.78, 5) is 11.6. The second-order valence-electron chi connectivity index (χ2n) is 4.47. The number of rotatable bonds is 5. The summed E-state index contributed by atoms with van der Waals surface area (Å²) >= 11 is 5.94. The predicted octanol–water partition coefficient (Wildman–Crippen LogP) is 2.71. The van der Waals surface area contributed by atoms with Crippen molar-refractivity contribution in [3.05, 3.63) is 23.2 Å². The largest absolute Gasteiger partial charge is 0.495 e. The third kappa shape index (κ3) is 2.53. The molecule has 5 heteroatoms. The number of methoxy groups -OCH3 is 2. The minimum absolute atomic E-state index is 0.156. The molecule has 1 aliphatic rings. The van der Waals surface area contributed by atoms with Crippen LogP contribution in [0.5, 0.6) is 5.75 Å². The van der Waals surface area contributed by atoms with Gasteiger partial charge in [0.1, 0.15) is 5.75 Å². The maximum absolute atomic E-state index is 11.6. The Bertz CT molecular complexity index is 458. The fraction of sp³-hybridized carbons (Fsp3) is 0.462. The molecular weight excluding hydrogens is 254 g/mol. The molecule has 1 aliphatic carbocycles. The Morgan fingerprint density at radius 3 is 2.72 bits per heavy atom. The maximum atomic E-state index is 11.6. The molecule has 1 aromatic rings. The lowest BCUT2D eigenvalue weighted by molar-refractivity contribution is -0.146. The van der Waals surface area contributed by atoms with Crippen LogP contribution < -0.4 is 10.1 Å². The van der Waals surface area contributed by atoms with Crippen molar-refractivity contribution in [3.63, 3.8) is 0 Å². The van der Waals surface area contributed by atoms with Crippen LogP contribution in [0.2, 0.25) is 5.02 Å². The molecule has 1 N–H and O–H groups in total. The van der Waals surface area contributed by atoms with E-state index in [2.05, 4.69) is 5.32 Å². The van der Waals surface area contributed by atoms with E-state index in [9.17, 15) is 4.79 Å². The van der Waals surface area contributed by atoms with Crippen LogP contribution in [0.4, 0.5) is 5.69 Å². The molecule has 0 saturated heterocycles. The van der Waals surface area contributed by atoms with Crippen molar-refractivity contribution in [2.45, 2.75) is 12.8 Å². The molecule has 0 unspecified atom stereocenters. The summed E-state index contributed by atoms with van der Waals surface area (Å²) < 4.78 is 10.0. The number of esters is 1. The van der Waals surface area contributed by atoms with E-state index in [1.807, 2.05) is 0 Å². The SMILES string of the molecule is COC(=O)C1(CNc2cc(Cl)ccc2OC)CC1. The minimum atomic E-state index is -0.373. The third-order valence-electron chi connectivity index (χ3n) is 3.25. The fourth-order valence-corrected chi connectivity index (χ4v) is 2.08. The van der Waals surface area contributed by atoms with Crippen LogP contribution >= 0.6 is 11.6 Å². The second kappa shape index (κ2) is 5.06. The number of anilines is 1. The van der Waals surface area contributed by atoms with Gasteiger partial charge in [0.15, 0.2) is 0 Å². The van der Waals surface area contributed by atoms with E-state index in [1.54, 1.807) is 25.3 Å². The summed E-state index contributed by atoms with van der Waals surface area (Å²) in [5.74, 6) is 0.552. The summed E-state index contributed by atoms with van der Waals surface area (Å²) in [6, 6.07) is 5.34. The van der Waals surface area contributed by atoms with E-state index in [-0.39, 0.29) is 11.4 Å². The van der Waals surface area contributed by atoms with Crippen molar-refractivity contribution < 1.29 is 14.3 Å². The lowest BCUT2D eigenvalue weighted by Crippen LogP contribution is -2.26. The molecule has 1 fully saturated rings. The second-order valence-corrected chi connectivity index (χ2v) is 4.91. The van der Waals surface area contributed by atoms with E-state index in [1.165, 1.54) is 7.11 Å². The van der Waals surface area contributed by atoms with Gasteiger partial charge >= 0.3 is 5.97 Å². The first-order chi connectivity index (χ1) is 8.61. The monoisotopic (exact) mass is 269 g/mol.